The molecule has 0 aliphatic carbocycles. The lowest BCUT2D eigenvalue weighted by molar-refractivity contribution is -0.129. The van der Waals surface area contributed by atoms with Crippen LogP contribution in [0.1, 0.15) is 40.7 Å². The second-order valence-electron chi connectivity index (χ2n) is 7.05. The number of nitrogens with one attached hydrogen (secondary N) is 1. The van der Waals surface area contributed by atoms with Crippen LogP contribution in [0.4, 0.5) is 5.69 Å². The molecule has 0 spiro atoms. The third-order valence-electron chi connectivity index (χ3n) is 4.83. The van der Waals surface area contributed by atoms with Crippen molar-refractivity contribution in [2.24, 2.45) is 0 Å². The molecular formula is C22H25ClN2O2S. The number of anilines is 1. The van der Waals surface area contributed by atoms with Crippen LogP contribution in [-0.2, 0) is 10.5 Å². The minimum Gasteiger partial charge on any atom is -0.342 e. The van der Waals surface area contributed by atoms with E-state index in [9.17, 15) is 9.59 Å². The summed E-state index contributed by atoms with van der Waals surface area (Å²) in [5.41, 5.74) is 3.36. The maximum absolute atomic E-state index is 12.4. The Morgan fingerprint density at radius 3 is 2.46 bits per heavy atom. The first kappa shape index (κ1) is 20.7. The Morgan fingerprint density at radius 1 is 1.07 bits per heavy atom. The lowest BCUT2D eigenvalue weighted by Gasteiger charge is -2.26. The van der Waals surface area contributed by atoms with Gasteiger partial charge in [-0.3, -0.25) is 9.59 Å². The molecule has 6 heteroatoms. The summed E-state index contributed by atoms with van der Waals surface area (Å²) in [6.45, 7) is 3.70. The monoisotopic (exact) mass is 416 g/mol. The van der Waals surface area contributed by atoms with Gasteiger partial charge in [-0.15, -0.1) is 11.8 Å². The van der Waals surface area contributed by atoms with E-state index in [2.05, 4.69) is 5.32 Å². The summed E-state index contributed by atoms with van der Waals surface area (Å²) >= 11 is 7.64. The van der Waals surface area contributed by atoms with Crippen molar-refractivity contribution < 1.29 is 9.59 Å². The molecule has 0 unspecified atom stereocenters. The van der Waals surface area contributed by atoms with Gasteiger partial charge in [-0.05, 0) is 67.6 Å². The average molecular weight is 417 g/mol. The Balaban J connectivity index is 1.48. The third kappa shape index (κ3) is 5.76. The molecule has 0 radical (unpaired) electrons. The summed E-state index contributed by atoms with van der Waals surface area (Å²) in [5, 5.41) is 3.57. The number of thioether (sulfide) groups is 1. The Hall–Kier alpha value is -1.98. The summed E-state index contributed by atoms with van der Waals surface area (Å²) in [6.07, 6.45) is 3.47. The zero-order valence-electron chi connectivity index (χ0n) is 16.0. The molecule has 0 bridgehead atoms. The number of benzene rings is 2. The molecule has 148 valence electrons. The summed E-state index contributed by atoms with van der Waals surface area (Å²) in [7, 11) is 0. The van der Waals surface area contributed by atoms with E-state index >= 15 is 0 Å². The molecule has 1 aliphatic rings. The van der Waals surface area contributed by atoms with Gasteiger partial charge >= 0.3 is 0 Å². The number of piperidine rings is 1. The number of likely N-dealkylation sites (tertiary alicyclic amines) is 1. The standard InChI is InChI=1S/C22H25ClN2O2S/c1-16-13-19(9-10-20(16)23)24-22(27)18-7-5-17(6-8-18)14-28-15-21(26)25-11-3-2-4-12-25/h5-10,13H,2-4,11-12,14-15H2,1H3,(H,24,27). The predicted octanol–water partition coefficient (Wildman–Crippen LogP) is 5.15. The highest BCUT2D eigenvalue weighted by Gasteiger charge is 2.16. The zero-order chi connectivity index (χ0) is 19.9. The molecule has 1 heterocycles. The molecular weight excluding hydrogens is 392 g/mol. The minimum atomic E-state index is -0.152. The van der Waals surface area contributed by atoms with Crippen molar-refractivity contribution in [1.82, 2.24) is 4.90 Å². The molecule has 0 aromatic heterocycles. The van der Waals surface area contributed by atoms with Gasteiger partial charge in [0.05, 0.1) is 5.75 Å². The maximum Gasteiger partial charge on any atom is 0.255 e. The molecule has 1 saturated heterocycles. The van der Waals surface area contributed by atoms with Gasteiger partial charge in [0.15, 0.2) is 0 Å². The molecule has 1 N–H and O–H groups in total. The molecule has 3 rings (SSSR count). The highest BCUT2D eigenvalue weighted by molar-refractivity contribution is 7.99. The number of amides is 2. The van der Waals surface area contributed by atoms with Crippen molar-refractivity contribution in [2.75, 3.05) is 24.2 Å². The van der Waals surface area contributed by atoms with Gasteiger partial charge in [0.1, 0.15) is 0 Å². The van der Waals surface area contributed by atoms with Crippen molar-refractivity contribution in [2.45, 2.75) is 31.9 Å². The van der Waals surface area contributed by atoms with E-state index in [1.165, 1.54) is 6.42 Å². The van der Waals surface area contributed by atoms with Gasteiger partial charge < -0.3 is 10.2 Å². The molecule has 2 amide bonds. The number of carbonyl (C=O) groups is 2. The quantitative estimate of drug-likeness (QED) is 0.708. The van der Waals surface area contributed by atoms with Crippen LogP contribution in [0.5, 0.6) is 0 Å². The van der Waals surface area contributed by atoms with E-state index in [-0.39, 0.29) is 11.8 Å². The van der Waals surface area contributed by atoms with Crippen LogP contribution >= 0.6 is 23.4 Å². The van der Waals surface area contributed by atoms with Crippen molar-refractivity contribution in [3.8, 4) is 0 Å². The number of aryl methyl sites for hydroxylation is 1. The van der Waals surface area contributed by atoms with Crippen molar-refractivity contribution in [3.63, 3.8) is 0 Å². The van der Waals surface area contributed by atoms with E-state index in [0.29, 0.717) is 16.3 Å². The highest BCUT2D eigenvalue weighted by atomic mass is 35.5. The fraction of sp³-hybridized carbons (Fsp3) is 0.364. The van der Waals surface area contributed by atoms with Gasteiger partial charge in [-0.2, -0.15) is 0 Å². The second-order valence-corrected chi connectivity index (χ2v) is 8.44. The van der Waals surface area contributed by atoms with Crippen LogP contribution in [0.25, 0.3) is 0 Å². The Labute approximate surface area is 175 Å². The lowest BCUT2D eigenvalue weighted by atomic mass is 10.1. The van der Waals surface area contributed by atoms with E-state index < -0.39 is 0 Å². The predicted molar refractivity (Wildman–Crippen MR) is 117 cm³/mol. The highest BCUT2D eigenvalue weighted by Crippen LogP contribution is 2.20. The van der Waals surface area contributed by atoms with E-state index in [1.807, 2.05) is 42.2 Å². The first-order valence-electron chi connectivity index (χ1n) is 9.55. The van der Waals surface area contributed by atoms with Crippen LogP contribution in [-0.4, -0.2) is 35.6 Å². The smallest absolute Gasteiger partial charge is 0.255 e. The van der Waals surface area contributed by atoms with E-state index in [0.717, 1.165) is 48.5 Å². The third-order valence-corrected chi connectivity index (χ3v) is 6.25. The van der Waals surface area contributed by atoms with Crippen LogP contribution in [0.3, 0.4) is 0 Å². The average Bonchev–Trinajstić information content (AvgIpc) is 2.72. The van der Waals surface area contributed by atoms with Crippen molar-refractivity contribution >= 4 is 40.9 Å². The first-order valence-corrected chi connectivity index (χ1v) is 11.1. The van der Waals surface area contributed by atoms with Gasteiger partial charge in [0.2, 0.25) is 5.91 Å². The Bertz CT molecular complexity index is 833. The summed E-state index contributed by atoms with van der Waals surface area (Å²) in [6, 6.07) is 12.9. The van der Waals surface area contributed by atoms with Gasteiger partial charge in [0.25, 0.3) is 5.91 Å². The molecule has 1 aliphatic heterocycles. The molecule has 4 nitrogen and oxygen atoms in total. The summed E-state index contributed by atoms with van der Waals surface area (Å²) < 4.78 is 0. The minimum absolute atomic E-state index is 0.152. The molecule has 2 aromatic rings. The molecule has 1 fully saturated rings. The molecule has 28 heavy (non-hydrogen) atoms. The van der Waals surface area contributed by atoms with Crippen LogP contribution < -0.4 is 5.32 Å². The topological polar surface area (TPSA) is 49.4 Å². The molecule has 0 atom stereocenters. The lowest BCUT2D eigenvalue weighted by Crippen LogP contribution is -2.36. The van der Waals surface area contributed by atoms with Gasteiger partial charge in [0, 0.05) is 35.1 Å². The van der Waals surface area contributed by atoms with Crippen molar-refractivity contribution in [3.05, 3.63) is 64.2 Å². The van der Waals surface area contributed by atoms with E-state index in [4.69, 9.17) is 11.6 Å². The summed E-state index contributed by atoms with van der Waals surface area (Å²) in [4.78, 5) is 26.6. The number of hydrogen-bond donors (Lipinski definition) is 1. The second kappa shape index (κ2) is 9.99. The number of nitrogens with zero attached hydrogens (tertiary/aromatic N) is 1. The molecule has 0 saturated carbocycles. The fourth-order valence-electron chi connectivity index (χ4n) is 3.17. The maximum atomic E-state index is 12.4. The van der Waals surface area contributed by atoms with Crippen LogP contribution in [0, 0.1) is 6.92 Å². The van der Waals surface area contributed by atoms with Crippen LogP contribution in [0.15, 0.2) is 42.5 Å². The fourth-order valence-corrected chi connectivity index (χ4v) is 4.17. The van der Waals surface area contributed by atoms with E-state index in [1.54, 1.807) is 23.9 Å². The van der Waals surface area contributed by atoms with Crippen LogP contribution in [0.2, 0.25) is 5.02 Å². The first-order chi connectivity index (χ1) is 13.5. The Kier molecular flexibility index (Phi) is 7.40. The molecule has 2 aromatic carbocycles. The number of hydrogen-bond acceptors (Lipinski definition) is 3. The number of halogens is 1. The normalized spacial score (nSPS) is 14.0. The van der Waals surface area contributed by atoms with Gasteiger partial charge in [-0.25, -0.2) is 0 Å². The Morgan fingerprint density at radius 2 is 1.79 bits per heavy atom. The summed E-state index contributed by atoms with van der Waals surface area (Å²) in [5.74, 6) is 1.36. The van der Waals surface area contributed by atoms with Gasteiger partial charge in [-0.1, -0.05) is 23.7 Å². The number of carbonyl (C=O) groups excluding carboxylic acids is 2. The number of rotatable bonds is 6. The zero-order valence-corrected chi connectivity index (χ0v) is 17.6. The van der Waals surface area contributed by atoms with Crippen molar-refractivity contribution in [1.29, 1.82) is 0 Å². The SMILES string of the molecule is Cc1cc(NC(=O)c2ccc(CSCC(=O)N3CCCCC3)cc2)ccc1Cl. The largest absolute Gasteiger partial charge is 0.342 e.